The SMILES string of the molecule is CCN(CC(CCC(=O)c1cc2c3c(c1)CCN3C(=O)CC2)c1cccc(F)c1)C(=O)O. The first-order valence-corrected chi connectivity index (χ1v) is 11.1. The number of carboxylic acid groups (broad SMARTS) is 1. The van der Waals surface area contributed by atoms with Gasteiger partial charge in [0.2, 0.25) is 5.91 Å². The van der Waals surface area contributed by atoms with Gasteiger partial charge >= 0.3 is 6.09 Å². The summed E-state index contributed by atoms with van der Waals surface area (Å²) < 4.78 is 13.8. The summed E-state index contributed by atoms with van der Waals surface area (Å²) in [7, 11) is 0. The fourth-order valence-electron chi connectivity index (χ4n) is 4.80. The van der Waals surface area contributed by atoms with E-state index in [0.29, 0.717) is 43.5 Å². The number of nitrogens with zero attached hydrogens (tertiary/aromatic N) is 2. The summed E-state index contributed by atoms with van der Waals surface area (Å²) in [6.45, 7) is 2.95. The summed E-state index contributed by atoms with van der Waals surface area (Å²) in [4.78, 5) is 39.8. The van der Waals surface area contributed by atoms with Crippen molar-refractivity contribution >= 4 is 23.5 Å². The predicted molar refractivity (Wildman–Crippen MR) is 119 cm³/mol. The fraction of sp³-hybridized carbons (Fsp3) is 0.400. The molecule has 0 spiro atoms. The zero-order valence-electron chi connectivity index (χ0n) is 18.1. The van der Waals surface area contributed by atoms with E-state index in [1.54, 1.807) is 19.1 Å². The minimum absolute atomic E-state index is 0.0147. The second-order valence-corrected chi connectivity index (χ2v) is 8.47. The minimum atomic E-state index is -1.03. The van der Waals surface area contributed by atoms with Crippen molar-refractivity contribution in [3.8, 4) is 0 Å². The Morgan fingerprint density at radius 3 is 2.59 bits per heavy atom. The minimum Gasteiger partial charge on any atom is -0.465 e. The molecule has 0 aliphatic carbocycles. The number of anilines is 1. The molecule has 1 atom stereocenters. The molecule has 0 saturated carbocycles. The van der Waals surface area contributed by atoms with Gasteiger partial charge in [0.1, 0.15) is 5.82 Å². The molecule has 2 aliphatic heterocycles. The summed E-state index contributed by atoms with van der Waals surface area (Å²) in [5, 5.41) is 9.43. The Labute approximate surface area is 186 Å². The molecule has 2 aromatic rings. The number of hydrogen-bond acceptors (Lipinski definition) is 3. The highest BCUT2D eigenvalue weighted by molar-refractivity contribution is 6.02. The monoisotopic (exact) mass is 438 g/mol. The van der Waals surface area contributed by atoms with E-state index >= 15 is 0 Å². The highest BCUT2D eigenvalue weighted by Crippen LogP contribution is 2.38. The molecular formula is C25H27FN2O4. The summed E-state index contributed by atoms with van der Waals surface area (Å²) in [5.41, 5.74) is 4.40. The van der Waals surface area contributed by atoms with Crippen LogP contribution in [0.2, 0.25) is 0 Å². The number of Topliss-reactive ketones (excluding diaryl/α,β-unsaturated/α-hetero) is 1. The van der Waals surface area contributed by atoms with Crippen molar-refractivity contribution in [1.82, 2.24) is 4.90 Å². The summed E-state index contributed by atoms with van der Waals surface area (Å²) in [6.07, 6.45) is 1.49. The molecule has 2 amide bonds. The number of aryl methyl sites for hydroxylation is 1. The molecule has 168 valence electrons. The van der Waals surface area contributed by atoms with Crippen LogP contribution in [0, 0.1) is 5.82 Å². The zero-order chi connectivity index (χ0) is 22.8. The Morgan fingerprint density at radius 2 is 1.91 bits per heavy atom. The van der Waals surface area contributed by atoms with E-state index < -0.39 is 6.09 Å². The second kappa shape index (κ2) is 9.10. The van der Waals surface area contributed by atoms with E-state index in [1.165, 1.54) is 17.0 Å². The second-order valence-electron chi connectivity index (χ2n) is 8.47. The quantitative estimate of drug-likeness (QED) is 0.620. The van der Waals surface area contributed by atoms with E-state index in [1.807, 2.05) is 17.0 Å². The topological polar surface area (TPSA) is 77.9 Å². The molecule has 0 aromatic heterocycles. The van der Waals surface area contributed by atoms with E-state index in [-0.39, 0.29) is 36.4 Å². The lowest BCUT2D eigenvalue weighted by molar-refractivity contribution is -0.118. The van der Waals surface area contributed by atoms with Crippen LogP contribution >= 0.6 is 0 Å². The first-order valence-electron chi connectivity index (χ1n) is 11.1. The molecule has 1 unspecified atom stereocenters. The maximum atomic E-state index is 13.8. The highest BCUT2D eigenvalue weighted by atomic mass is 19.1. The Bertz CT molecular complexity index is 1070. The highest BCUT2D eigenvalue weighted by Gasteiger charge is 2.32. The number of ketones is 1. The Balaban J connectivity index is 1.52. The Morgan fingerprint density at radius 1 is 1.16 bits per heavy atom. The number of halogens is 1. The van der Waals surface area contributed by atoms with Crippen LogP contribution in [-0.2, 0) is 17.6 Å². The van der Waals surface area contributed by atoms with Crippen molar-refractivity contribution in [1.29, 1.82) is 0 Å². The average Bonchev–Trinajstić information content (AvgIpc) is 3.21. The molecule has 2 aromatic carbocycles. The number of benzene rings is 2. The van der Waals surface area contributed by atoms with Crippen molar-refractivity contribution in [3.05, 3.63) is 64.5 Å². The molecule has 7 heteroatoms. The molecular weight excluding hydrogens is 411 g/mol. The fourth-order valence-corrected chi connectivity index (χ4v) is 4.80. The molecule has 6 nitrogen and oxygen atoms in total. The molecule has 0 bridgehead atoms. The lowest BCUT2D eigenvalue weighted by Crippen LogP contribution is -2.33. The third kappa shape index (κ3) is 4.38. The average molecular weight is 438 g/mol. The van der Waals surface area contributed by atoms with Crippen LogP contribution in [0.15, 0.2) is 36.4 Å². The largest absolute Gasteiger partial charge is 0.465 e. The molecule has 2 aliphatic rings. The number of amides is 2. The van der Waals surface area contributed by atoms with Crippen LogP contribution in [0.25, 0.3) is 0 Å². The lowest BCUT2D eigenvalue weighted by Gasteiger charge is -2.26. The van der Waals surface area contributed by atoms with Crippen molar-refractivity contribution in [3.63, 3.8) is 0 Å². The standard InChI is InChI=1S/C25H27FN2O4/c1-2-27(25(31)32)15-19(16-4-3-5-21(26)14-16)6-8-22(29)20-12-17-7-9-23(30)28-11-10-18(13-20)24(17)28/h3-5,12-14,19H,2,6-11,15H2,1H3,(H,31,32). The van der Waals surface area contributed by atoms with E-state index in [0.717, 1.165) is 23.2 Å². The maximum Gasteiger partial charge on any atom is 0.407 e. The van der Waals surface area contributed by atoms with Crippen LogP contribution in [0.3, 0.4) is 0 Å². The molecule has 0 saturated heterocycles. The van der Waals surface area contributed by atoms with Crippen LogP contribution in [-0.4, -0.2) is 47.4 Å². The van der Waals surface area contributed by atoms with Crippen molar-refractivity contribution in [2.45, 2.75) is 44.9 Å². The van der Waals surface area contributed by atoms with Gasteiger partial charge in [-0.25, -0.2) is 9.18 Å². The number of carbonyl (C=O) groups is 3. The summed E-state index contributed by atoms with van der Waals surface area (Å²) >= 11 is 0. The van der Waals surface area contributed by atoms with Gasteiger partial charge in [0, 0.05) is 44.0 Å². The molecule has 4 rings (SSSR count). The molecule has 32 heavy (non-hydrogen) atoms. The Kier molecular flexibility index (Phi) is 6.26. The van der Waals surface area contributed by atoms with Gasteiger partial charge < -0.3 is 14.9 Å². The Hall–Kier alpha value is -3.22. The lowest BCUT2D eigenvalue weighted by atomic mass is 9.90. The third-order valence-corrected chi connectivity index (χ3v) is 6.51. The summed E-state index contributed by atoms with van der Waals surface area (Å²) in [5.74, 6) is -0.535. The van der Waals surface area contributed by atoms with Crippen LogP contribution < -0.4 is 4.90 Å². The normalized spacial score (nSPS) is 15.4. The number of carbonyl (C=O) groups excluding carboxylic acids is 2. The molecule has 2 heterocycles. The van der Waals surface area contributed by atoms with Gasteiger partial charge in [-0.1, -0.05) is 12.1 Å². The van der Waals surface area contributed by atoms with Gasteiger partial charge in [-0.2, -0.15) is 0 Å². The van der Waals surface area contributed by atoms with Gasteiger partial charge in [0.15, 0.2) is 5.78 Å². The van der Waals surface area contributed by atoms with Gasteiger partial charge in [-0.3, -0.25) is 9.59 Å². The molecule has 0 radical (unpaired) electrons. The summed E-state index contributed by atoms with van der Waals surface area (Å²) in [6, 6.07) is 9.94. The van der Waals surface area contributed by atoms with Gasteiger partial charge in [0.05, 0.1) is 5.69 Å². The molecule has 0 fully saturated rings. The third-order valence-electron chi connectivity index (χ3n) is 6.51. The van der Waals surface area contributed by atoms with E-state index in [9.17, 15) is 23.9 Å². The van der Waals surface area contributed by atoms with Crippen molar-refractivity contribution in [2.24, 2.45) is 0 Å². The van der Waals surface area contributed by atoms with Crippen molar-refractivity contribution < 1.29 is 23.9 Å². The van der Waals surface area contributed by atoms with Gasteiger partial charge in [0.25, 0.3) is 0 Å². The first kappa shape index (κ1) is 22.0. The number of likely N-dealkylation sites (N-methyl/N-ethyl adjacent to an activating group) is 1. The van der Waals surface area contributed by atoms with E-state index in [4.69, 9.17) is 0 Å². The number of hydrogen-bond donors (Lipinski definition) is 1. The van der Waals surface area contributed by atoms with Crippen molar-refractivity contribution in [2.75, 3.05) is 24.5 Å². The van der Waals surface area contributed by atoms with Crippen LogP contribution in [0.4, 0.5) is 14.9 Å². The van der Waals surface area contributed by atoms with Gasteiger partial charge in [-0.05, 0) is 67.1 Å². The van der Waals surface area contributed by atoms with Crippen LogP contribution in [0.5, 0.6) is 0 Å². The molecule has 1 N–H and O–H groups in total. The van der Waals surface area contributed by atoms with E-state index in [2.05, 4.69) is 0 Å². The predicted octanol–water partition coefficient (Wildman–Crippen LogP) is 4.41. The zero-order valence-corrected chi connectivity index (χ0v) is 18.1. The maximum absolute atomic E-state index is 13.8. The number of rotatable bonds is 8. The van der Waals surface area contributed by atoms with Crippen LogP contribution in [0.1, 0.15) is 59.2 Å². The smallest absolute Gasteiger partial charge is 0.407 e. The van der Waals surface area contributed by atoms with Gasteiger partial charge in [-0.15, -0.1) is 0 Å². The first-order chi connectivity index (χ1) is 15.4.